The molecule has 1 heterocycles. The summed E-state index contributed by atoms with van der Waals surface area (Å²) in [5.41, 5.74) is 3.59. The normalized spacial score (nSPS) is 14.3. The summed E-state index contributed by atoms with van der Waals surface area (Å²) in [6.45, 7) is 0. The average Bonchev–Trinajstić information content (AvgIpc) is 2.39. The van der Waals surface area contributed by atoms with E-state index in [0.717, 1.165) is 33.3 Å². The van der Waals surface area contributed by atoms with Crippen LogP contribution in [0.2, 0.25) is 0 Å². The van der Waals surface area contributed by atoms with Gasteiger partial charge in [0.2, 0.25) is 0 Å². The number of fused-ring (bicyclic) bond motifs is 1. The molecule has 1 aromatic carbocycles. The Morgan fingerprint density at radius 3 is 2.89 bits per heavy atom. The lowest BCUT2D eigenvalue weighted by molar-refractivity contribution is 0.661. The van der Waals surface area contributed by atoms with Gasteiger partial charge in [-0.05, 0) is 37.8 Å². The van der Waals surface area contributed by atoms with Crippen molar-refractivity contribution in [3.63, 3.8) is 0 Å². The van der Waals surface area contributed by atoms with E-state index in [2.05, 4.69) is 32.0 Å². The molecule has 0 spiro atoms. The minimum Gasteiger partial charge on any atom is -0.343 e. The Labute approximate surface area is 120 Å². The summed E-state index contributed by atoms with van der Waals surface area (Å²) in [6.07, 6.45) is 4.61. The SMILES string of the molecule is S=c1nc(-c2cccc(Br)c2)[nH]c2c1CCCC2. The lowest BCUT2D eigenvalue weighted by Crippen LogP contribution is -2.08. The maximum atomic E-state index is 5.42. The molecule has 0 atom stereocenters. The Kier molecular flexibility index (Phi) is 3.31. The van der Waals surface area contributed by atoms with Gasteiger partial charge < -0.3 is 4.98 Å². The van der Waals surface area contributed by atoms with Crippen molar-refractivity contribution < 1.29 is 0 Å². The molecule has 1 N–H and O–H groups in total. The number of nitrogens with one attached hydrogen (secondary N) is 1. The Bertz CT molecular complexity index is 648. The minimum atomic E-state index is 0.762. The first-order valence-electron chi connectivity index (χ1n) is 6.12. The summed E-state index contributed by atoms with van der Waals surface area (Å²) in [5.74, 6) is 0.877. The predicted octanol–water partition coefficient (Wildman–Crippen LogP) is 4.45. The zero-order valence-electron chi connectivity index (χ0n) is 9.87. The molecule has 1 aliphatic rings. The molecule has 0 amide bonds. The van der Waals surface area contributed by atoms with Crippen LogP contribution >= 0.6 is 28.1 Å². The van der Waals surface area contributed by atoms with Gasteiger partial charge in [-0.2, -0.15) is 0 Å². The molecule has 4 heteroatoms. The first-order valence-corrected chi connectivity index (χ1v) is 7.32. The standard InChI is InChI=1S/C14H13BrN2S/c15-10-5-3-4-9(8-10)13-16-12-7-2-1-6-11(12)14(18)17-13/h3-5,8H,1-2,6-7H2,(H,16,17,18). The van der Waals surface area contributed by atoms with Gasteiger partial charge in [-0.3, -0.25) is 0 Å². The van der Waals surface area contributed by atoms with Crippen molar-refractivity contribution in [3.8, 4) is 11.4 Å². The number of hydrogen-bond donors (Lipinski definition) is 1. The molecular weight excluding hydrogens is 308 g/mol. The molecule has 0 aliphatic heterocycles. The van der Waals surface area contributed by atoms with E-state index in [-0.39, 0.29) is 0 Å². The van der Waals surface area contributed by atoms with E-state index in [4.69, 9.17) is 12.2 Å². The molecule has 0 radical (unpaired) electrons. The summed E-state index contributed by atoms with van der Waals surface area (Å²) < 4.78 is 1.82. The highest BCUT2D eigenvalue weighted by Crippen LogP contribution is 2.25. The zero-order chi connectivity index (χ0) is 12.5. The first kappa shape index (κ1) is 12.1. The van der Waals surface area contributed by atoms with Gasteiger partial charge >= 0.3 is 0 Å². The number of aryl methyl sites for hydroxylation is 1. The van der Waals surface area contributed by atoms with Crippen LogP contribution in [0.1, 0.15) is 24.1 Å². The van der Waals surface area contributed by atoms with Crippen molar-refractivity contribution >= 4 is 28.1 Å². The molecule has 0 unspecified atom stereocenters. The maximum Gasteiger partial charge on any atom is 0.139 e. The van der Waals surface area contributed by atoms with Crippen molar-refractivity contribution in [3.05, 3.63) is 44.6 Å². The fraction of sp³-hybridized carbons (Fsp3) is 0.286. The smallest absolute Gasteiger partial charge is 0.139 e. The van der Waals surface area contributed by atoms with Gasteiger partial charge in [-0.15, -0.1) is 0 Å². The number of benzene rings is 1. The van der Waals surface area contributed by atoms with Gasteiger partial charge in [0, 0.05) is 21.3 Å². The molecule has 3 rings (SSSR count). The van der Waals surface area contributed by atoms with Gasteiger partial charge in [0.15, 0.2) is 0 Å². The van der Waals surface area contributed by atoms with E-state index in [1.54, 1.807) is 0 Å². The molecule has 2 aromatic rings. The summed E-state index contributed by atoms with van der Waals surface area (Å²) in [4.78, 5) is 7.99. The maximum absolute atomic E-state index is 5.42. The van der Waals surface area contributed by atoms with Gasteiger partial charge in [-0.1, -0.05) is 40.3 Å². The van der Waals surface area contributed by atoms with Crippen LogP contribution in [-0.4, -0.2) is 9.97 Å². The number of halogens is 1. The largest absolute Gasteiger partial charge is 0.343 e. The Hall–Kier alpha value is -1.00. The van der Waals surface area contributed by atoms with Crippen LogP contribution in [0.25, 0.3) is 11.4 Å². The molecule has 0 bridgehead atoms. The van der Waals surface area contributed by atoms with Crippen molar-refractivity contribution in [1.82, 2.24) is 9.97 Å². The summed E-state index contributed by atoms with van der Waals surface area (Å²) in [6, 6.07) is 8.13. The van der Waals surface area contributed by atoms with Crippen LogP contribution in [0.5, 0.6) is 0 Å². The van der Waals surface area contributed by atoms with E-state index >= 15 is 0 Å². The van der Waals surface area contributed by atoms with E-state index < -0.39 is 0 Å². The number of aromatic amines is 1. The highest BCUT2D eigenvalue weighted by Gasteiger charge is 2.13. The molecule has 0 saturated carbocycles. The monoisotopic (exact) mass is 320 g/mol. The van der Waals surface area contributed by atoms with Crippen molar-refractivity contribution in [1.29, 1.82) is 0 Å². The molecule has 2 nitrogen and oxygen atoms in total. The average molecular weight is 321 g/mol. The molecule has 92 valence electrons. The second kappa shape index (κ2) is 4.94. The molecule has 0 saturated heterocycles. The lowest BCUT2D eigenvalue weighted by Gasteiger charge is -2.16. The van der Waals surface area contributed by atoms with Crippen LogP contribution in [0.3, 0.4) is 0 Å². The third-order valence-electron chi connectivity index (χ3n) is 3.31. The van der Waals surface area contributed by atoms with Crippen molar-refractivity contribution in [2.75, 3.05) is 0 Å². The topological polar surface area (TPSA) is 28.7 Å². The van der Waals surface area contributed by atoms with Crippen molar-refractivity contribution in [2.24, 2.45) is 0 Å². The van der Waals surface area contributed by atoms with Gasteiger partial charge in [0.05, 0.1) is 0 Å². The molecular formula is C14H13BrN2S. The van der Waals surface area contributed by atoms with Crippen LogP contribution in [-0.2, 0) is 12.8 Å². The lowest BCUT2D eigenvalue weighted by atomic mass is 9.97. The van der Waals surface area contributed by atoms with Crippen LogP contribution < -0.4 is 0 Å². The van der Waals surface area contributed by atoms with Gasteiger partial charge in [0.25, 0.3) is 0 Å². The minimum absolute atomic E-state index is 0.762. The third kappa shape index (κ3) is 2.27. The Morgan fingerprint density at radius 2 is 2.06 bits per heavy atom. The van der Waals surface area contributed by atoms with E-state index in [9.17, 15) is 0 Å². The highest BCUT2D eigenvalue weighted by molar-refractivity contribution is 9.10. The van der Waals surface area contributed by atoms with Crippen LogP contribution in [0, 0.1) is 4.64 Å². The third-order valence-corrected chi connectivity index (χ3v) is 4.14. The Balaban J connectivity index is 2.14. The summed E-state index contributed by atoms with van der Waals surface area (Å²) in [5, 5.41) is 0. The Morgan fingerprint density at radius 1 is 1.22 bits per heavy atom. The predicted molar refractivity (Wildman–Crippen MR) is 79.2 cm³/mol. The number of H-pyrrole nitrogens is 1. The molecule has 1 aromatic heterocycles. The second-order valence-corrected chi connectivity index (χ2v) is 5.87. The number of aromatic nitrogens is 2. The first-order chi connectivity index (χ1) is 8.74. The molecule has 1 aliphatic carbocycles. The molecule has 0 fully saturated rings. The van der Waals surface area contributed by atoms with Gasteiger partial charge in [-0.25, -0.2) is 4.98 Å². The van der Waals surface area contributed by atoms with E-state index in [1.807, 2.05) is 18.2 Å². The summed E-state index contributed by atoms with van der Waals surface area (Å²) in [7, 11) is 0. The van der Waals surface area contributed by atoms with E-state index in [1.165, 1.54) is 24.1 Å². The highest BCUT2D eigenvalue weighted by atomic mass is 79.9. The fourth-order valence-corrected chi connectivity index (χ4v) is 3.11. The number of hydrogen-bond acceptors (Lipinski definition) is 2. The second-order valence-electron chi connectivity index (χ2n) is 4.57. The number of rotatable bonds is 1. The van der Waals surface area contributed by atoms with Crippen LogP contribution in [0.15, 0.2) is 28.7 Å². The molecule has 18 heavy (non-hydrogen) atoms. The van der Waals surface area contributed by atoms with E-state index in [0.29, 0.717) is 0 Å². The van der Waals surface area contributed by atoms with Gasteiger partial charge in [0.1, 0.15) is 10.5 Å². The van der Waals surface area contributed by atoms with Crippen LogP contribution in [0.4, 0.5) is 0 Å². The fourth-order valence-electron chi connectivity index (χ4n) is 2.39. The van der Waals surface area contributed by atoms with Crippen molar-refractivity contribution in [2.45, 2.75) is 25.7 Å². The number of nitrogens with zero attached hydrogens (tertiary/aromatic N) is 1. The zero-order valence-corrected chi connectivity index (χ0v) is 12.3. The summed E-state index contributed by atoms with van der Waals surface area (Å²) >= 11 is 8.90. The quantitative estimate of drug-likeness (QED) is 0.786.